The van der Waals surface area contributed by atoms with E-state index in [1.807, 2.05) is 0 Å². The van der Waals surface area contributed by atoms with Gasteiger partial charge in [0, 0.05) is 36.3 Å². The number of piperidine rings is 1. The monoisotopic (exact) mass is 315 g/mol. The van der Waals surface area contributed by atoms with Gasteiger partial charge < -0.3 is 15.5 Å². The second-order valence-electron chi connectivity index (χ2n) is 8.26. The maximum atomic E-state index is 3.85. The second-order valence-corrected chi connectivity index (χ2v) is 8.26. The van der Waals surface area contributed by atoms with Crippen LogP contribution in [0.15, 0.2) is 30.3 Å². The van der Waals surface area contributed by atoms with Gasteiger partial charge in [0.15, 0.2) is 0 Å². The molecule has 0 saturated carbocycles. The third kappa shape index (κ3) is 4.14. The van der Waals surface area contributed by atoms with Crippen molar-refractivity contribution in [3.05, 3.63) is 35.9 Å². The van der Waals surface area contributed by atoms with E-state index in [0.717, 1.165) is 18.6 Å². The maximum absolute atomic E-state index is 3.85. The molecule has 2 N–H and O–H groups in total. The Bertz CT molecular complexity index is 485. The van der Waals surface area contributed by atoms with Gasteiger partial charge in [-0.3, -0.25) is 0 Å². The molecule has 1 unspecified atom stereocenters. The summed E-state index contributed by atoms with van der Waals surface area (Å²) in [5, 5.41) is 7.64. The normalized spacial score (nSPS) is 29.7. The summed E-state index contributed by atoms with van der Waals surface area (Å²) in [6.07, 6.45) is 5.42. The second kappa shape index (κ2) is 6.92. The van der Waals surface area contributed by atoms with Crippen LogP contribution < -0.4 is 10.6 Å². The zero-order valence-corrected chi connectivity index (χ0v) is 15.2. The van der Waals surface area contributed by atoms with Gasteiger partial charge in [-0.05, 0) is 59.1 Å². The van der Waals surface area contributed by atoms with Gasteiger partial charge in [0.05, 0.1) is 0 Å². The predicted molar refractivity (Wildman–Crippen MR) is 97.7 cm³/mol. The standard InChI is InChI=1S/C20H33N3/c1-15(16-8-6-5-7-9-16)22-20(2,3)14-21-17-12-18-10-11-19(13-17)23(18)4/h5-9,15,17-19,21-22H,10-14H2,1-4H3/t15-,17?,18-,19+/m1/s1. The van der Waals surface area contributed by atoms with Crippen LogP contribution in [0.1, 0.15) is 58.1 Å². The molecule has 0 radical (unpaired) electrons. The molecule has 128 valence electrons. The van der Waals surface area contributed by atoms with Crippen molar-refractivity contribution in [2.45, 2.75) is 76.2 Å². The Morgan fingerprint density at radius 2 is 1.74 bits per heavy atom. The highest BCUT2D eigenvalue weighted by Gasteiger charge is 2.38. The highest BCUT2D eigenvalue weighted by Crippen LogP contribution is 2.34. The van der Waals surface area contributed by atoms with E-state index in [-0.39, 0.29) is 5.54 Å². The predicted octanol–water partition coefficient (Wildman–Crippen LogP) is 3.33. The van der Waals surface area contributed by atoms with Crippen molar-refractivity contribution >= 4 is 0 Å². The van der Waals surface area contributed by atoms with E-state index in [4.69, 9.17) is 0 Å². The molecular formula is C20H33N3. The average molecular weight is 316 g/mol. The first-order valence-electron chi connectivity index (χ1n) is 9.22. The topological polar surface area (TPSA) is 27.3 Å². The van der Waals surface area contributed by atoms with Gasteiger partial charge in [0.1, 0.15) is 0 Å². The minimum atomic E-state index is 0.0949. The van der Waals surface area contributed by atoms with Crippen molar-refractivity contribution in [3.63, 3.8) is 0 Å². The van der Waals surface area contributed by atoms with Crippen LogP contribution in [-0.2, 0) is 0 Å². The van der Waals surface area contributed by atoms with Gasteiger partial charge in [-0.1, -0.05) is 30.3 Å². The number of fused-ring (bicyclic) bond motifs is 2. The van der Waals surface area contributed by atoms with E-state index in [0.29, 0.717) is 12.1 Å². The van der Waals surface area contributed by atoms with Crippen molar-refractivity contribution in [1.29, 1.82) is 0 Å². The molecule has 0 spiro atoms. The van der Waals surface area contributed by atoms with Crippen molar-refractivity contribution in [2.75, 3.05) is 13.6 Å². The van der Waals surface area contributed by atoms with Crippen LogP contribution in [0.25, 0.3) is 0 Å². The fraction of sp³-hybridized carbons (Fsp3) is 0.700. The van der Waals surface area contributed by atoms with E-state index in [9.17, 15) is 0 Å². The minimum absolute atomic E-state index is 0.0949. The molecule has 1 aromatic carbocycles. The van der Waals surface area contributed by atoms with Gasteiger partial charge in [-0.25, -0.2) is 0 Å². The number of hydrogen-bond acceptors (Lipinski definition) is 3. The van der Waals surface area contributed by atoms with Gasteiger partial charge in [-0.15, -0.1) is 0 Å². The zero-order chi connectivity index (χ0) is 16.4. The molecule has 3 nitrogen and oxygen atoms in total. The Morgan fingerprint density at radius 3 is 2.35 bits per heavy atom. The third-order valence-electron chi connectivity index (χ3n) is 5.84. The van der Waals surface area contributed by atoms with Crippen molar-refractivity contribution in [1.82, 2.24) is 15.5 Å². The maximum Gasteiger partial charge on any atom is 0.0297 e. The fourth-order valence-corrected chi connectivity index (χ4v) is 4.44. The first-order chi connectivity index (χ1) is 10.9. The molecule has 3 rings (SSSR count). The SMILES string of the molecule is C[C@@H](NC(C)(C)CNC1C[C@H]2CC[C@@H](C1)N2C)c1ccccc1. The Kier molecular flexibility index (Phi) is 5.10. The van der Waals surface area contributed by atoms with Crippen LogP contribution in [0.5, 0.6) is 0 Å². The number of benzene rings is 1. The van der Waals surface area contributed by atoms with Crippen LogP contribution in [0.3, 0.4) is 0 Å². The molecule has 0 aromatic heterocycles. The Labute approximate surface area is 141 Å². The lowest BCUT2D eigenvalue weighted by Crippen LogP contribution is -2.54. The molecular weight excluding hydrogens is 282 g/mol. The van der Waals surface area contributed by atoms with Crippen molar-refractivity contribution < 1.29 is 0 Å². The van der Waals surface area contributed by atoms with E-state index < -0.39 is 0 Å². The Hall–Kier alpha value is -0.900. The molecule has 2 heterocycles. The molecule has 3 heteroatoms. The first-order valence-corrected chi connectivity index (χ1v) is 9.22. The Balaban J connectivity index is 1.49. The molecule has 2 aliphatic heterocycles. The number of rotatable bonds is 6. The number of hydrogen-bond donors (Lipinski definition) is 2. The summed E-state index contributed by atoms with van der Waals surface area (Å²) < 4.78 is 0. The largest absolute Gasteiger partial charge is 0.312 e. The molecule has 0 amide bonds. The average Bonchev–Trinajstić information content (AvgIpc) is 2.75. The van der Waals surface area contributed by atoms with Gasteiger partial charge >= 0.3 is 0 Å². The first kappa shape index (κ1) is 16.9. The third-order valence-corrected chi connectivity index (χ3v) is 5.84. The van der Waals surface area contributed by atoms with E-state index in [1.165, 1.54) is 31.2 Å². The molecule has 2 saturated heterocycles. The molecule has 2 aliphatic rings. The molecule has 0 aliphatic carbocycles. The highest BCUT2D eigenvalue weighted by atomic mass is 15.2. The fourth-order valence-electron chi connectivity index (χ4n) is 4.44. The van der Waals surface area contributed by atoms with Crippen LogP contribution in [0, 0.1) is 0 Å². The highest BCUT2D eigenvalue weighted by molar-refractivity contribution is 5.18. The number of nitrogens with one attached hydrogen (secondary N) is 2. The minimum Gasteiger partial charge on any atom is -0.312 e. The van der Waals surface area contributed by atoms with Crippen LogP contribution in [0.4, 0.5) is 0 Å². The van der Waals surface area contributed by atoms with Crippen molar-refractivity contribution in [3.8, 4) is 0 Å². The summed E-state index contributed by atoms with van der Waals surface area (Å²) in [5.74, 6) is 0. The number of nitrogens with zero attached hydrogens (tertiary/aromatic N) is 1. The van der Waals surface area contributed by atoms with Crippen molar-refractivity contribution in [2.24, 2.45) is 0 Å². The Morgan fingerprint density at radius 1 is 1.13 bits per heavy atom. The van der Waals surface area contributed by atoms with E-state index >= 15 is 0 Å². The zero-order valence-electron chi connectivity index (χ0n) is 15.2. The molecule has 23 heavy (non-hydrogen) atoms. The summed E-state index contributed by atoms with van der Waals surface area (Å²) in [5.41, 5.74) is 1.45. The van der Waals surface area contributed by atoms with Gasteiger partial charge in [-0.2, -0.15) is 0 Å². The molecule has 4 atom stereocenters. The lowest BCUT2D eigenvalue weighted by atomic mass is 9.96. The molecule has 2 fully saturated rings. The quantitative estimate of drug-likeness (QED) is 0.843. The molecule has 1 aromatic rings. The van der Waals surface area contributed by atoms with Gasteiger partial charge in [0.25, 0.3) is 0 Å². The summed E-state index contributed by atoms with van der Waals surface area (Å²) in [4.78, 5) is 2.61. The smallest absolute Gasteiger partial charge is 0.0297 e. The lowest BCUT2D eigenvalue weighted by Gasteiger charge is -2.39. The van der Waals surface area contributed by atoms with Crippen LogP contribution in [-0.4, -0.2) is 42.2 Å². The summed E-state index contributed by atoms with van der Waals surface area (Å²) in [6, 6.07) is 13.4. The van der Waals surface area contributed by atoms with Gasteiger partial charge in [0.2, 0.25) is 0 Å². The van der Waals surface area contributed by atoms with Crippen LogP contribution in [0.2, 0.25) is 0 Å². The van der Waals surface area contributed by atoms with Crippen LogP contribution >= 0.6 is 0 Å². The van der Waals surface area contributed by atoms with E-state index in [2.05, 4.69) is 73.7 Å². The summed E-state index contributed by atoms with van der Waals surface area (Å²) in [7, 11) is 2.31. The summed E-state index contributed by atoms with van der Waals surface area (Å²) in [6.45, 7) is 7.90. The lowest BCUT2D eigenvalue weighted by molar-refractivity contribution is 0.144. The van der Waals surface area contributed by atoms with E-state index in [1.54, 1.807) is 0 Å². The summed E-state index contributed by atoms with van der Waals surface area (Å²) >= 11 is 0. The molecule has 2 bridgehead atoms.